The van der Waals surface area contributed by atoms with Crippen LogP contribution in [0.15, 0.2) is 0 Å². The summed E-state index contributed by atoms with van der Waals surface area (Å²) in [5.74, 6) is -1.43. The van der Waals surface area contributed by atoms with Gasteiger partial charge in [-0.15, -0.1) is 0 Å². The number of carbonyl (C=O) groups is 4. The summed E-state index contributed by atoms with van der Waals surface area (Å²) in [4.78, 5) is 48.1. The number of hydrogen-bond acceptors (Lipinski definition) is 9. The normalized spacial score (nSPS) is 18.6. The van der Waals surface area contributed by atoms with E-state index in [-0.39, 0.29) is 75.8 Å². The molecular formula is C19H32N2O8S. The smallest absolute Gasteiger partial charge is 0.305 e. The van der Waals surface area contributed by atoms with Crippen molar-refractivity contribution in [1.82, 2.24) is 10.2 Å². The quantitative estimate of drug-likeness (QED) is 0.147. The van der Waals surface area contributed by atoms with E-state index in [2.05, 4.69) is 17.9 Å². The largest absolute Gasteiger partial charge is 0.460 e. The van der Waals surface area contributed by atoms with Gasteiger partial charge in [0.05, 0.1) is 24.1 Å². The van der Waals surface area contributed by atoms with Crippen molar-refractivity contribution in [1.29, 1.82) is 0 Å². The van der Waals surface area contributed by atoms with Gasteiger partial charge >= 0.3 is 5.97 Å². The molecule has 0 saturated carbocycles. The molecule has 3 unspecified atom stereocenters. The second kappa shape index (κ2) is 13.6. The predicted octanol–water partition coefficient (Wildman–Crippen LogP) is 0.0219. The second-order valence-corrected chi connectivity index (χ2v) is 7.86. The third kappa shape index (κ3) is 9.88. The van der Waals surface area contributed by atoms with Gasteiger partial charge in [-0.25, -0.2) is 0 Å². The van der Waals surface area contributed by atoms with Crippen LogP contribution in [0.25, 0.3) is 0 Å². The molecule has 3 atom stereocenters. The molecule has 0 spiro atoms. The van der Waals surface area contributed by atoms with Crippen molar-refractivity contribution in [2.75, 3.05) is 26.3 Å². The van der Waals surface area contributed by atoms with Crippen LogP contribution in [0.3, 0.4) is 0 Å². The van der Waals surface area contributed by atoms with Gasteiger partial charge in [-0.1, -0.05) is 0 Å². The molecule has 0 radical (unpaired) electrons. The molecule has 3 amide bonds. The number of carbonyl (C=O) groups excluding carboxylic acids is 4. The molecule has 0 bridgehead atoms. The Balaban J connectivity index is 2.20. The zero-order valence-corrected chi connectivity index (χ0v) is 18.6. The summed E-state index contributed by atoms with van der Waals surface area (Å²) in [6.45, 7) is 5.25. The SMILES string of the molecule is CC(C)OC(COC(=O)CCCC(=O)NCCN1C(=O)CC(S)C1=O)OC(C)CO. The monoisotopic (exact) mass is 448 g/mol. The first-order valence-corrected chi connectivity index (χ1v) is 10.5. The average molecular weight is 449 g/mol. The van der Waals surface area contributed by atoms with Gasteiger partial charge < -0.3 is 24.6 Å². The molecule has 0 aromatic heterocycles. The molecule has 1 rings (SSSR count). The van der Waals surface area contributed by atoms with E-state index in [1.54, 1.807) is 6.92 Å². The predicted molar refractivity (Wildman–Crippen MR) is 110 cm³/mol. The third-order valence-electron chi connectivity index (χ3n) is 4.11. The van der Waals surface area contributed by atoms with Crippen molar-refractivity contribution in [3.8, 4) is 0 Å². The summed E-state index contributed by atoms with van der Waals surface area (Å²) in [6.07, 6.45) is -0.876. The fourth-order valence-corrected chi connectivity index (χ4v) is 2.93. The van der Waals surface area contributed by atoms with Crippen LogP contribution in [-0.4, -0.2) is 83.7 Å². The van der Waals surface area contributed by atoms with Crippen molar-refractivity contribution in [3.63, 3.8) is 0 Å². The lowest BCUT2D eigenvalue weighted by molar-refractivity contribution is -0.214. The molecule has 0 aromatic rings. The van der Waals surface area contributed by atoms with Crippen molar-refractivity contribution < 1.29 is 38.5 Å². The maximum absolute atomic E-state index is 11.9. The van der Waals surface area contributed by atoms with E-state index in [4.69, 9.17) is 19.3 Å². The minimum atomic E-state index is -0.785. The van der Waals surface area contributed by atoms with Crippen molar-refractivity contribution in [3.05, 3.63) is 0 Å². The van der Waals surface area contributed by atoms with Gasteiger partial charge in [0, 0.05) is 32.4 Å². The van der Waals surface area contributed by atoms with Crippen molar-refractivity contribution >= 4 is 36.3 Å². The zero-order valence-electron chi connectivity index (χ0n) is 17.7. The summed E-state index contributed by atoms with van der Waals surface area (Å²) in [5, 5.41) is 11.1. The highest BCUT2D eigenvalue weighted by molar-refractivity contribution is 7.81. The lowest BCUT2D eigenvalue weighted by Gasteiger charge is -2.23. The number of nitrogens with one attached hydrogen (secondary N) is 1. The number of amides is 3. The number of rotatable bonds is 14. The number of thiol groups is 1. The summed E-state index contributed by atoms with van der Waals surface area (Å²) in [6, 6.07) is 0. The highest BCUT2D eigenvalue weighted by Gasteiger charge is 2.35. The molecule has 30 heavy (non-hydrogen) atoms. The van der Waals surface area contributed by atoms with E-state index < -0.39 is 23.6 Å². The van der Waals surface area contributed by atoms with Crippen molar-refractivity contribution in [2.24, 2.45) is 0 Å². The molecule has 0 aromatic carbocycles. The first-order valence-electron chi connectivity index (χ1n) is 10.00. The number of likely N-dealkylation sites (tertiary alicyclic amines) is 1. The van der Waals surface area contributed by atoms with E-state index in [1.807, 2.05) is 13.8 Å². The number of ether oxygens (including phenoxy) is 3. The molecule has 1 heterocycles. The molecule has 172 valence electrons. The van der Waals surface area contributed by atoms with Crippen LogP contribution in [0.1, 0.15) is 46.5 Å². The van der Waals surface area contributed by atoms with Gasteiger partial charge in [-0.2, -0.15) is 12.6 Å². The fraction of sp³-hybridized carbons (Fsp3) is 0.789. The van der Waals surface area contributed by atoms with E-state index in [0.717, 1.165) is 4.90 Å². The Hall–Kier alpha value is -1.69. The Morgan fingerprint density at radius 1 is 1.23 bits per heavy atom. The van der Waals surface area contributed by atoms with Crippen LogP contribution in [0, 0.1) is 0 Å². The molecule has 1 aliphatic rings. The summed E-state index contributed by atoms with van der Waals surface area (Å²) >= 11 is 4.03. The molecular weight excluding hydrogens is 416 g/mol. The number of nitrogens with zero attached hydrogens (tertiary/aromatic N) is 1. The van der Waals surface area contributed by atoms with Gasteiger partial charge in [0.2, 0.25) is 17.7 Å². The Morgan fingerprint density at radius 3 is 2.50 bits per heavy atom. The number of aliphatic hydroxyl groups is 1. The van der Waals surface area contributed by atoms with E-state index in [9.17, 15) is 19.2 Å². The molecule has 2 N–H and O–H groups in total. The fourth-order valence-electron chi connectivity index (χ4n) is 2.64. The lowest BCUT2D eigenvalue weighted by atomic mass is 10.2. The van der Waals surface area contributed by atoms with E-state index in [0.29, 0.717) is 0 Å². The zero-order chi connectivity index (χ0) is 22.7. The second-order valence-electron chi connectivity index (χ2n) is 7.23. The van der Waals surface area contributed by atoms with E-state index in [1.165, 1.54) is 0 Å². The summed E-state index contributed by atoms with van der Waals surface area (Å²) in [5.41, 5.74) is 0. The third-order valence-corrected chi connectivity index (χ3v) is 4.51. The van der Waals surface area contributed by atoms with Crippen LogP contribution in [0.4, 0.5) is 0 Å². The van der Waals surface area contributed by atoms with Crippen LogP contribution in [0.2, 0.25) is 0 Å². The Bertz CT molecular complexity index is 601. The first-order chi connectivity index (χ1) is 14.1. The highest BCUT2D eigenvalue weighted by atomic mass is 32.1. The summed E-state index contributed by atoms with van der Waals surface area (Å²) < 4.78 is 16.1. The number of hydrogen-bond donors (Lipinski definition) is 3. The number of aliphatic hydroxyl groups excluding tert-OH is 1. The maximum atomic E-state index is 11.9. The average Bonchev–Trinajstić information content (AvgIpc) is 2.91. The molecule has 1 fully saturated rings. The molecule has 0 aliphatic carbocycles. The number of esters is 1. The van der Waals surface area contributed by atoms with Gasteiger partial charge in [-0.3, -0.25) is 24.1 Å². The topological polar surface area (TPSA) is 131 Å². The van der Waals surface area contributed by atoms with Gasteiger partial charge in [0.15, 0.2) is 6.29 Å². The van der Waals surface area contributed by atoms with Crippen LogP contribution in [0.5, 0.6) is 0 Å². The molecule has 11 heteroatoms. The first kappa shape index (κ1) is 26.3. The minimum absolute atomic E-state index is 0.0435. The van der Waals surface area contributed by atoms with Crippen molar-refractivity contribution in [2.45, 2.75) is 70.2 Å². The highest BCUT2D eigenvalue weighted by Crippen LogP contribution is 2.16. The number of imide groups is 1. The Labute approximate surface area is 182 Å². The Kier molecular flexibility index (Phi) is 11.9. The summed E-state index contributed by atoms with van der Waals surface area (Å²) in [7, 11) is 0. The van der Waals surface area contributed by atoms with Crippen LogP contribution < -0.4 is 5.32 Å². The van der Waals surface area contributed by atoms with Crippen LogP contribution in [-0.2, 0) is 33.4 Å². The lowest BCUT2D eigenvalue weighted by Crippen LogP contribution is -2.38. The standard InChI is InChI=1S/C19H32N2O8S/c1-12(2)28-18(29-13(3)10-22)11-27-17(25)6-4-5-15(23)20-7-8-21-16(24)9-14(30)19(21)26/h12-14,18,22,30H,4-11H2,1-3H3,(H,20,23). The Morgan fingerprint density at radius 2 is 1.93 bits per heavy atom. The van der Waals surface area contributed by atoms with Gasteiger partial charge in [-0.05, 0) is 27.2 Å². The maximum Gasteiger partial charge on any atom is 0.305 e. The van der Waals surface area contributed by atoms with E-state index >= 15 is 0 Å². The minimum Gasteiger partial charge on any atom is -0.460 e. The van der Waals surface area contributed by atoms with Gasteiger partial charge in [0.25, 0.3) is 0 Å². The van der Waals surface area contributed by atoms with Crippen LogP contribution >= 0.6 is 12.6 Å². The molecule has 1 aliphatic heterocycles. The molecule has 1 saturated heterocycles. The van der Waals surface area contributed by atoms with Gasteiger partial charge in [0.1, 0.15) is 6.61 Å². The molecule has 10 nitrogen and oxygen atoms in total.